The number of aromatic nitrogens is 5. The van der Waals surface area contributed by atoms with Gasteiger partial charge >= 0.3 is 0 Å². The van der Waals surface area contributed by atoms with E-state index in [1.807, 2.05) is 40.8 Å². The number of anilines is 2. The van der Waals surface area contributed by atoms with Crippen molar-refractivity contribution in [3.63, 3.8) is 0 Å². The summed E-state index contributed by atoms with van der Waals surface area (Å²) in [6.45, 7) is 14.5. The Kier molecular flexibility index (Phi) is 5.91. The van der Waals surface area contributed by atoms with Gasteiger partial charge in [0.2, 0.25) is 0 Å². The number of benzene rings is 2. The Morgan fingerprint density at radius 2 is 2.03 bits per heavy atom. The van der Waals surface area contributed by atoms with Crippen LogP contribution in [0.15, 0.2) is 67.3 Å². The fraction of sp³-hybridized carbons (Fsp3) is 0.172. The van der Waals surface area contributed by atoms with E-state index in [-0.39, 0.29) is 11.9 Å². The molecule has 6 rings (SSSR count). The maximum atomic E-state index is 14.8. The molecule has 3 N–H and O–H groups in total. The first-order valence-electron chi connectivity index (χ1n) is 12.5. The summed E-state index contributed by atoms with van der Waals surface area (Å²) in [5, 5.41) is 9.63. The number of hydrogen-bond donors (Lipinski definition) is 2. The van der Waals surface area contributed by atoms with Crippen molar-refractivity contribution in [3.05, 3.63) is 84.2 Å². The average Bonchev–Trinajstić information content (AvgIpc) is 3.44. The van der Waals surface area contributed by atoms with E-state index in [9.17, 15) is 4.39 Å². The van der Waals surface area contributed by atoms with E-state index in [1.165, 1.54) is 12.4 Å². The number of thiazole rings is 1. The van der Waals surface area contributed by atoms with Gasteiger partial charge < -0.3 is 16.0 Å². The van der Waals surface area contributed by atoms with Gasteiger partial charge in [0.25, 0.3) is 0 Å². The van der Waals surface area contributed by atoms with Crippen LogP contribution in [0.4, 0.5) is 15.3 Å². The number of fused-ring (bicyclic) bond motifs is 3. The highest BCUT2D eigenvalue weighted by Crippen LogP contribution is 2.38. The molecule has 0 unspecified atom stereocenters. The number of nitrogen functional groups attached to an aromatic ring is 1. The van der Waals surface area contributed by atoms with E-state index in [0.29, 0.717) is 40.4 Å². The zero-order chi connectivity index (χ0) is 27.4. The number of halogens is 1. The molecule has 8 nitrogen and oxygen atoms in total. The predicted molar refractivity (Wildman–Crippen MR) is 157 cm³/mol. The highest BCUT2D eigenvalue weighted by atomic mass is 32.1. The Hall–Kier alpha value is -4.57. The molecule has 196 valence electrons. The fourth-order valence-electron chi connectivity index (χ4n) is 5.08. The largest absolute Gasteiger partial charge is 0.383 e. The SMILES string of the molecule is C=C(C)Nc1nc2ccc(-c3nn(CC4=Cc5cccc(F)c5C(=C)N4C(C)C)c4ncnc(N)c34)cc2s1. The first-order chi connectivity index (χ1) is 18.7. The number of allylic oxidation sites excluding steroid dienone is 2. The van der Waals surface area contributed by atoms with E-state index in [4.69, 9.17) is 10.8 Å². The van der Waals surface area contributed by atoms with Gasteiger partial charge in [0, 0.05) is 34.3 Å². The molecule has 2 aromatic carbocycles. The van der Waals surface area contributed by atoms with Gasteiger partial charge in [-0.1, -0.05) is 42.7 Å². The van der Waals surface area contributed by atoms with Gasteiger partial charge in [-0.05, 0) is 50.6 Å². The van der Waals surface area contributed by atoms with Crippen molar-refractivity contribution in [3.8, 4) is 11.3 Å². The summed E-state index contributed by atoms with van der Waals surface area (Å²) in [5.41, 5.74) is 13.1. The van der Waals surface area contributed by atoms with Crippen LogP contribution in [0.2, 0.25) is 0 Å². The summed E-state index contributed by atoms with van der Waals surface area (Å²) in [4.78, 5) is 15.5. The molecule has 0 radical (unpaired) electrons. The Morgan fingerprint density at radius 3 is 2.79 bits per heavy atom. The van der Waals surface area contributed by atoms with Gasteiger partial charge in [0.1, 0.15) is 23.7 Å². The molecule has 0 atom stereocenters. The number of rotatable bonds is 6. The van der Waals surface area contributed by atoms with Crippen LogP contribution in [0.3, 0.4) is 0 Å². The molecule has 5 aromatic rings. The average molecular weight is 539 g/mol. The first-order valence-corrected chi connectivity index (χ1v) is 13.3. The van der Waals surface area contributed by atoms with Crippen LogP contribution in [0, 0.1) is 5.82 Å². The molecule has 4 heterocycles. The van der Waals surface area contributed by atoms with Gasteiger partial charge in [-0.2, -0.15) is 5.10 Å². The van der Waals surface area contributed by atoms with Crippen molar-refractivity contribution in [2.45, 2.75) is 33.4 Å². The molecule has 0 aliphatic carbocycles. The van der Waals surface area contributed by atoms with E-state index >= 15 is 0 Å². The maximum absolute atomic E-state index is 14.8. The van der Waals surface area contributed by atoms with Crippen molar-refractivity contribution in [1.82, 2.24) is 29.6 Å². The maximum Gasteiger partial charge on any atom is 0.188 e. The minimum atomic E-state index is -0.286. The molecular weight excluding hydrogens is 511 g/mol. The Balaban J connectivity index is 1.47. The zero-order valence-electron chi connectivity index (χ0n) is 21.9. The summed E-state index contributed by atoms with van der Waals surface area (Å²) in [6.07, 6.45) is 3.44. The second kappa shape index (κ2) is 9.32. The second-order valence-corrected chi connectivity index (χ2v) is 10.9. The van der Waals surface area contributed by atoms with Crippen LogP contribution in [-0.2, 0) is 6.54 Å². The monoisotopic (exact) mass is 538 g/mol. The van der Waals surface area contributed by atoms with Gasteiger partial charge in [-0.3, -0.25) is 0 Å². The third-order valence-corrected chi connectivity index (χ3v) is 7.56. The van der Waals surface area contributed by atoms with Crippen LogP contribution < -0.4 is 11.1 Å². The van der Waals surface area contributed by atoms with E-state index < -0.39 is 0 Å². The second-order valence-electron chi connectivity index (χ2n) is 9.82. The van der Waals surface area contributed by atoms with Crippen molar-refractivity contribution >= 4 is 55.3 Å². The van der Waals surface area contributed by atoms with Crippen LogP contribution in [-0.4, -0.2) is 35.7 Å². The molecule has 0 bridgehead atoms. The van der Waals surface area contributed by atoms with Crippen molar-refractivity contribution in [1.29, 1.82) is 0 Å². The van der Waals surface area contributed by atoms with Crippen LogP contribution >= 0.6 is 11.3 Å². The summed E-state index contributed by atoms with van der Waals surface area (Å²) in [6, 6.07) is 11.1. The summed E-state index contributed by atoms with van der Waals surface area (Å²) in [5.74, 6) is 0.0660. The van der Waals surface area contributed by atoms with Crippen molar-refractivity contribution in [2.24, 2.45) is 0 Å². The molecule has 0 fully saturated rings. The summed E-state index contributed by atoms with van der Waals surface area (Å²) in [7, 11) is 0. The van der Waals surface area contributed by atoms with Gasteiger partial charge in [-0.25, -0.2) is 24.0 Å². The van der Waals surface area contributed by atoms with Gasteiger partial charge in [-0.15, -0.1) is 0 Å². The number of hydrogen-bond acceptors (Lipinski definition) is 8. The smallest absolute Gasteiger partial charge is 0.188 e. The van der Waals surface area contributed by atoms with E-state index in [0.717, 1.165) is 37.9 Å². The van der Waals surface area contributed by atoms with Crippen LogP contribution in [0.1, 0.15) is 31.9 Å². The minimum absolute atomic E-state index is 0.0493. The lowest BCUT2D eigenvalue weighted by atomic mass is 9.96. The molecule has 0 saturated carbocycles. The molecule has 0 spiro atoms. The first kappa shape index (κ1) is 24.7. The molecular formula is C29H27FN8S. The zero-order valence-corrected chi connectivity index (χ0v) is 22.7. The highest BCUT2D eigenvalue weighted by Gasteiger charge is 2.28. The molecule has 3 aromatic heterocycles. The standard InChI is InChI=1S/C29H27FN8S/c1-15(2)34-29-35-22-10-9-19(12-23(22)39-29)26-25-27(31)32-14-33-28(25)37(36-26)13-20-11-18-7-6-8-21(30)24(18)17(5)38(20)16(3)4/h6-12,14,16H,1,5,13H2,2-4H3,(H,34,35)(H2,31,32,33). The normalized spacial score (nSPS) is 13.3. The van der Waals surface area contributed by atoms with Crippen molar-refractivity contribution < 1.29 is 4.39 Å². The quantitative estimate of drug-likeness (QED) is 0.254. The van der Waals surface area contributed by atoms with E-state index in [2.05, 4.69) is 53.3 Å². The van der Waals surface area contributed by atoms with E-state index in [1.54, 1.807) is 17.4 Å². The molecule has 0 amide bonds. The predicted octanol–water partition coefficient (Wildman–Crippen LogP) is 6.51. The molecule has 39 heavy (non-hydrogen) atoms. The Bertz CT molecular complexity index is 1830. The minimum Gasteiger partial charge on any atom is -0.383 e. The Labute approximate surface area is 229 Å². The van der Waals surface area contributed by atoms with Crippen LogP contribution in [0.25, 0.3) is 44.3 Å². The number of nitrogens with one attached hydrogen (secondary N) is 1. The number of nitrogens with zero attached hydrogens (tertiary/aromatic N) is 6. The molecule has 1 aliphatic rings. The molecule has 0 saturated heterocycles. The fourth-order valence-corrected chi connectivity index (χ4v) is 6.06. The summed E-state index contributed by atoms with van der Waals surface area (Å²) >= 11 is 1.54. The topological polar surface area (TPSA) is 97.8 Å². The van der Waals surface area contributed by atoms with Gasteiger partial charge in [0.05, 0.1) is 22.1 Å². The Morgan fingerprint density at radius 1 is 1.21 bits per heavy atom. The third-order valence-electron chi connectivity index (χ3n) is 6.63. The third kappa shape index (κ3) is 4.22. The van der Waals surface area contributed by atoms with Gasteiger partial charge in [0.15, 0.2) is 10.8 Å². The van der Waals surface area contributed by atoms with Crippen LogP contribution in [0.5, 0.6) is 0 Å². The van der Waals surface area contributed by atoms with Crippen molar-refractivity contribution in [2.75, 3.05) is 11.1 Å². The number of nitrogens with two attached hydrogens (primary N) is 1. The molecule has 10 heteroatoms. The lowest BCUT2D eigenvalue weighted by Crippen LogP contribution is -2.33. The summed E-state index contributed by atoms with van der Waals surface area (Å²) < 4.78 is 17.6. The lowest BCUT2D eigenvalue weighted by Gasteiger charge is -2.37. The lowest BCUT2D eigenvalue weighted by molar-refractivity contribution is 0.378. The molecule has 1 aliphatic heterocycles. The highest BCUT2D eigenvalue weighted by molar-refractivity contribution is 7.22.